The summed E-state index contributed by atoms with van der Waals surface area (Å²) in [5, 5.41) is 0. The summed E-state index contributed by atoms with van der Waals surface area (Å²) in [7, 11) is 1.97. The molecule has 0 fully saturated rings. The van der Waals surface area contributed by atoms with Crippen LogP contribution < -0.4 is 4.72 Å². The summed E-state index contributed by atoms with van der Waals surface area (Å²) < 4.78 is 10.3. The maximum absolute atomic E-state index is 5.33. The Morgan fingerprint density at radius 3 is 2.91 bits per heavy atom. The van der Waals surface area contributed by atoms with Gasteiger partial charge in [0.2, 0.25) is 0 Å². The number of ether oxygens (including phenoxy) is 1. The number of rotatable bonds is 1. The third kappa shape index (κ3) is 2.98. The van der Waals surface area contributed by atoms with E-state index in [0.29, 0.717) is 12.7 Å². The van der Waals surface area contributed by atoms with Gasteiger partial charge in [-0.3, -0.25) is 4.72 Å². The Hall–Kier alpha value is -0.420. The van der Waals surface area contributed by atoms with Gasteiger partial charge < -0.3 is 4.74 Å². The minimum atomic E-state index is 0.185. The first kappa shape index (κ1) is 8.67. The summed E-state index contributed by atoms with van der Waals surface area (Å²) in [4.78, 5) is 4.14. The van der Waals surface area contributed by atoms with E-state index in [0.717, 1.165) is 0 Å². The largest absolute Gasteiger partial charge is 0.462 e. The molecular formula is C6H13N3OS. The van der Waals surface area contributed by atoms with Gasteiger partial charge in [0.05, 0.1) is 6.10 Å². The number of amidine groups is 1. The van der Waals surface area contributed by atoms with Crippen LogP contribution in [0.3, 0.4) is 0 Å². The molecule has 0 amide bonds. The molecule has 64 valence electrons. The summed E-state index contributed by atoms with van der Waals surface area (Å²) in [6.07, 6.45) is 0.185. The normalized spacial score (nSPS) is 19.5. The summed E-state index contributed by atoms with van der Waals surface area (Å²) in [5.74, 6) is 0. The molecule has 1 aliphatic heterocycles. The standard InChI is InChI=1S/C6H13N3OS/c1-5(2)10-6-7-4-9(3)11-8-6/h5H,4H2,1-3H3,(H,7,8). The maximum atomic E-state index is 5.33. The van der Waals surface area contributed by atoms with Crippen molar-refractivity contribution < 1.29 is 4.74 Å². The Bertz CT molecular complexity index is 160. The maximum Gasteiger partial charge on any atom is 0.297 e. The van der Waals surface area contributed by atoms with Crippen LogP contribution in [0.2, 0.25) is 0 Å². The molecule has 0 aromatic rings. The number of hydrogen-bond donors (Lipinski definition) is 1. The summed E-state index contributed by atoms with van der Waals surface area (Å²) in [6.45, 7) is 4.64. The van der Waals surface area contributed by atoms with Gasteiger partial charge in [-0.2, -0.15) is 0 Å². The molecule has 0 radical (unpaired) electrons. The van der Waals surface area contributed by atoms with Crippen molar-refractivity contribution in [2.75, 3.05) is 13.7 Å². The first-order chi connectivity index (χ1) is 5.18. The van der Waals surface area contributed by atoms with Gasteiger partial charge in [0.1, 0.15) is 6.67 Å². The van der Waals surface area contributed by atoms with Crippen molar-refractivity contribution in [1.29, 1.82) is 0 Å². The van der Waals surface area contributed by atoms with Crippen LogP contribution in [0.5, 0.6) is 0 Å². The van der Waals surface area contributed by atoms with E-state index in [-0.39, 0.29) is 6.10 Å². The smallest absolute Gasteiger partial charge is 0.297 e. The van der Waals surface area contributed by atoms with Gasteiger partial charge in [0.25, 0.3) is 6.02 Å². The van der Waals surface area contributed by atoms with Crippen molar-refractivity contribution >= 4 is 18.2 Å². The fourth-order valence-corrected chi connectivity index (χ4v) is 1.09. The zero-order valence-corrected chi connectivity index (χ0v) is 7.81. The Morgan fingerprint density at radius 1 is 1.73 bits per heavy atom. The topological polar surface area (TPSA) is 36.9 Å². The van der Waals surface area contributed by atoms with Crippen molar-refractivity contribution in [3.05, 3.63) is 0 Å². The van der Waals surface area contributed by atoms with E-state index in [2.05, 4.69) is 9.71 Å². The van der Waals surface area contributed by atoms with E-state index >= 15 is 0 Å². The molecule has 0 atom stereocenters. The minimum Gasteiger partial charge on any atom is -0.462 e. The molecule has 0 saturated heterocycles. The van der Waals surface area contributed by atoms with Gasteiger partial charge in [-0.15, -0.1) is 0 Å². The fourth-order valence-electron chi connectivity index (χ4n) is 0.626. The number of aliphatic imine (C=N–C) groups is 1. The van der Waals surface area contributed by atoms with E-state index in [1.807, 2.05) is 25.2 Å². The van der Waals surface area contributed by atoms with Crippen molar-refractivity contribution in [1.82, 2.24) is 9.03 Å². The lowest BCUT2D eigenvalue weighted by Crippen LogP contribution is -2.32. The van der Waals surface area contributed by atoms with Gasteiger partial charge >= 0.3 is 0 Å². The Labute approximate surface area is 71.3 Å². The molecule has 0 spiro atoms. The highest BCUT2D eigenvalue weighted by molar-refractivity contribution is 7.95. The highest BCUT2D eigenvalue weighted by Crippen LogP contribution is 2.07. The lowest BCUT2D eigenvalue weighted by Gasteiger charge is -2.21. The third-order valence-corrected chi connectivity index (χ3v) is 1.74. The molecule has 0 bridgehead atoms. The molecule has 4 nitrogen and oxygen atoms in total. The van der Waals surface area contributed by atoms with Crippen LogP contribution in [-0.4, -0.2) is 30.1 Å². The first-order valence-corrected chi connectivity index (χ1v) is 4.31. The molecule has 1 heterocycles. The second-order valence-electron chi connectivity index (χ2n) is 2.59. The van der Waals surface area contributed by atoms with Gasteiger partial charge in [-0.1, -0.05) is 0 Å². The molecule has 0 aromatic heterocycles. The zero-order valence-electron chi connectivity index (χ0n) is 7.00. The third-order valence-electron chi connectivity index (χ3n) is 1.05. The molecule has 0 unspecified atom stereocenters. The van der Waals surface area contributed by atoms with Crippen LogP contribution in [-0.2, 0) is 4.74 Å². The van der Waals surface area contributed by atoms with Crippen molar-refractivity contribution in [2.45, 2.75) is 20.0 Å². The molecule has 5 heteroatoms. The van der Waals surface area contributed by atoms with E-state index < -0.39 is 0 Å². The fraction of sp³-hybridized carbons (Fsp3) is 0.833. The average Bonchev–Trinajstić information content (AvgIpc) is 1.93. The van der Waals surface area contributed by atoms with Crippen LogP contribution in [0, 0.1) is 0 Å². The van der Waals surface area contributed by atoms with Crippen LogP contribution in [0.1, 0.15) is 13.8 Å². The molecule has 0 saturated carbocycles. The van der Waals surface area contributed by atoms with Crippen molar-refractivity contribution in [2.24, 2.45) is 4.99 Å². The van der Waals surface area contributed by atoms with E-state index in [4.69, 9.17) is 4.74 Å². The molecule has 1 aliphatic rings. The Balaban J connectivity index is 2.35. The molecule has 11 heavy (non-hydrogen) atoms. The van der Waals surface area contributed by atoms with E-state index in [9.17, 15) is 0 Å². The predicted molar refractivity (Wildman–Crippen MR) is 47.0 cm³/mol. The van der Waals surface area contributed by atoms with Crippen LogP contribution in [0.15, 0.2) is 4.99 Å². The zero-order chi connectivity index (χ0) is 8.27. The minimum absolute atomic E-state index is 0.185. The lowest BCUT2D eigenvalue weighted by atomic mass is 10.5. The first-order valence-electron chi connectivity index (χ1n) is 3.53. The Kier molecular flexibility index (Phi) is 3.02. The Morgan fingerprint density at radius 2 is 2.45 bits per heavy atom. The highest BCUT2D eigenvalue weighted by atomic mass is 32.2. The molecule has 0 aromatic carbocycles. The second-order valence-corrected chi connectivity index (χ2v) is 3.60. The van der Waals surface area contributed by atoms with Gasteiger partial charge in [-0.25, -0.2) is 9.30 Å². The molecule has 1 rings (SSSR count). The van der Waals surface area contributed by atoms with Gasteiger partial charge in [0.15, 0.2) is 0 Å². The number of nitrogens with zero attached hydrogens (tertiary/aromatic N) is 2. The molecule has 0 aliphatic carbocycles. The predicted octanol–water partition coefficient (Wildman–Crippen LogP) is 0.823. The lowest BCUT2D eigenvalue weighted by molar-refractivity contribution is 0.218. The number of hydrogen-bond acceptors (Lipinski definition) is 5. The monoisotopic (exact) mass is 175 g/mol. The van der Waals surface area contributed by atoms with Crippen LogP contribution in [0.25, 0.3) is 0 Å². The second kappa shape index (κ2) is 3.82. The van der Waals surface area contributed by atoms with E-state index in [1.165, 1.54) is 12.1 Å². The quantitative estimate of drug-likeness (QED) is 0.599. The van der Waals surface area contributed by atoms with Gasteiger partial charge in [0, 0.05) is 19.2 Å². The highest BCUT2D eigenvalue weighted by Gasteiger charge is 2.10. The van der Waals surface area contributed by atoms with Crippen molar-refractivity contribution in [3.8, 4) is 0 Å². The van der Waals surface area contributed by atoms with Gasteiger partial charge in [-0.05, 0) is 13.8 Å². The average molecular weight is 175 g/mol. The SMILES string of the molecule is CC(C)OC1=NCN(C)SN1. The van der Waals surface area contributed by atoms with Crippen molar-refractivity contribution in [3.63, 3.8) is 0 Å². The molecular weight excluding hydrogens is 162 g/mol. The van der Waals surface area contributed by atoms with Crippen LogP contribution >= 0.6 is 12.1 Å². The number of nitrogens with one attached hydrogen (secondary N) is 1. The van der Waals surface area contributed by atoms with Crippen LogP contribution in [0.4, 0.5) is 0 Å². The summed E-state index contributed by atoms with van der Waals surface area (Å²) in [6, 6.07) is 0.628. The summed E-state index contributed by atoms with van der Waals surface area (Å²) >= 11 is 1.50. The molecule has 1 N–H and O–H groups in total. The van der Waals surface area contributed by atoms with E-state index in [1.54, 1.807) is 0 Å². The summed E-state index contributed by atoms with van der Waals surface area (Å²) in [5.41, 5.74) is 0.